The Hall–Kier alpha value is -2.31. The summed E-state index contributed by atoms with van der Waals surface area (Å²) in [6, 6.07) is 0. The third-order valence-corrected chi connectivity index (χ3v) is 2.95. The van der Waals surface area contributed by atoms with Crippen LogP contribution in [0.1, 0.15) is 41.8 Å². The highest BCUT2D eigenvalue weighted by Crippen LogP contribution is 2.21. The number of nitrogens with two attached hydrogens (primary N) is 1. The Balaban J connectivity index is 2.06. The molecule has 0 aliphatic carbocycles. The Labute approximate surface area is 111 Å². The Morgan fingerprint density at radius 3 is 2.84 bits per heavy atom. The molecule has 2 heterocycles. The van der Waals surface area contributed by atoms with Gasteiger partial charge in [0.25, 0.3) is 5.91 Å². The lowest BCUT2D eigenvalue weighted by molar-refractivity contribution is 0.0945. The van der Waals surface area contributed by atoms with E-state index in [9.17, 15) is 4.79 Å². The van der Waals surface area contributed by atoms with E-state index in [4.69, 9.17) is 5.73 Å². The van der Waals surface area contributed by atoms with Crippen LogP contribution in [0.4, 0.5) is 5.69 Å². The van der Waals surface area contributed by atoms with E-state index in [1.165, 1.54) is 0 Å². The van der Waals surface area contributed by atoms with E-state index in [2.05, 4.69) is 20.5 Å². The van der Waals surface area contributed by atoms with E-state index < -0.39 is 0 Å². The molecule has 0 radical (unpaired) electrons. The standard InChI is InChI=1S/C12H18N6O/c1-7(2)10-9(13)11(17-16-10)12(19)15-6-8-14-4-5-18(8)3/h4-5,7H,6,13H2,1-3H3,(H,15,19)(H,16,17). The Kier molecular flexibility index (Phi) is 3.55. The van der Waals surface area contributed by atoms with Gasteiger partial charge in [-0.25, -0.2) is 4.98 Å². The molecular formula is C12H18N6O. The zero-order valence-electron chi connectivity index (χ0n) is 11.3. The highest BCUT2D eigenvalue weighted by Gasteiger charge is 2.18. The summed E-state index contributed by atoms with van der Waals surface area (Å²) >= 11 is 0. The van der Waals surface area contributed by atoms with Crippen LogP contribution in [0.5, 0.6) is 0 Å². The number of aryl methyl sites for hydroxylation is 1. The lowest BCUT2D eigenvalue weighted by Gasteiger charge is -2.05. The maximum Gasteiger partial charge on any atom is 0.274 e. The van der Waals surface area contributed by atoms with Gasteiger partial charge in [-0.05, 0) is 5.92 Å². The van der Waals surface area contributed by atoms with Crippen LogP contribution in [0.15, 0.2) is 12.4 Å². The molecule has 7 nitrogen and oxygen atoms in total. The molecule has 0 atom stereocenters. The summed E-state index contributed by atoms with van der Waals surface area (Å²) < 4.78 is 1.84. The molecule has 2 aromatic heterocycles. The summed E-state index contributed by atoms with van der Waals surface area (Å²) in [5, 5.41) is 9.52. The average molecular weight is 262 g/mol. The smallest absolute Gasteiger partial charge is 0.274 e. The molecule has 0 aliphatic heterocycles. The van der Waals surface area contributed by atoms with E-state index in [0.717, 1.165) is 11.5 Å². The number of carbonyl (C=O) groups is 1. The lowest BCUT2D eigenvalue weighted by atomic mass is 10.1. The van der Waals surface area contributed by atoms with Crippen molar-refractivity contribution >= 4 is 11.6 Å². The molecule has 0 bridgehead atoms. The zero-order chi connectivity index (χ0) is 14.0. The van der Waals surface area contributed by atoms with Gasteiger partial charge in [0, 0.05) is 19.4 Å². The predicted octanol–water partition coefficient (Wildman–Crippen LogP) is 0.779. The van der Waals surface area contributed by atoms with Crippen LogP contribution in [-0.2, 0) is 13.6 Å². The molecule has 2 aromatic rings. The van der Waals surface area contributed by atoms with Gasteiger partial charge in [-0.2, -0.15) is 5.10 Å². The van der Waals surface area contributed by atoms with E-state index in [0.29, 0.717) is 12.2 Å². The van der Waals surface area contributed by atoms with Crippen LogP contribution in [0.2, 0.25) is 0 Å². The van der Waals surface area contributed by atoms with Crippen molar-refractivity contribution in [2.45, 2.75) is 26.3 Å². The molecule has 0 aliphatic rings. The molecule has 4 N–H and O–H groups in total. The maximum atomic E-state index is 12.0. The quantitative estimate of drug-likeness (QED) is 0.757. The fraction of sp³-hybridized carbons (Fsp3) is 0.417. The minimum absolute atomic E-state index is 0.198. The first kappa shape index (κ1) is 13.1. The topological polar surface area (TPSA) is 102 Å². The fourth-order valence-corrected chi connectivity index (χ4v) is 1.79. The van der Waals surface area contributed by atoms with Gasteiger partial charge in [-0.3, -0.25) is 9.89 Å². The van der Waals surface area contributed by atoms with Crippen LogP contribution >= 0.6 is 0 Å². The Bertz CT molecular complexity index is 583. The molecule has 0 saturated heterocycles. The average Bonchev–Trinajstić information content (AvgIpc) is 2.92. The van der Waals surface area contributed by atoms with Gasteiger partial charge in [-0.15, -0.1) is 0 Å². The van der Waals surface area contributed by atoms with Crippen molar-refractivity contribution in [2.24, 2.45) is 7.05 Å². The van der Waals surface area contributed by atoms with Gasteiger partial charge in [0.15, 0.2) is 5.69 Å². The number of amides is 1. The number of nitrogen functional groups attached to an aromatic ring is 1. The minimum Gasteiger partial charge on any atom is -0.395 e. The molecule has 0 aromatic carbocycles. The van der Waals surface area contributed by atoms with Gasteiger partial charge in [0.1, 0.15) is 5.82 Å². The first-order valence-electron chi connectivity index (χ1n) is 6.08. The summed E-state index contributed by atoms with van der Waals surface area (Å²) in [5.41, 5.74) is 7.33. The van der Waals surface area contributed by atoms with Gasteiger partial charge < -0.3 is 15.6 Å². The summed E-state index contributed by atoms with van der Waals surface area (Å²) in [4.78, 5) is 16.1. The van der Waals surface area contributed by atoms with Crippen molar-refractivity contribution in [3.63, 3.8) is 0 Å². The first-order valence-corrected chi connectivity index (χ1v) is 6.08. The van der Waals surface area contributed by atoms with E-state index in [-0.39, 0.29) is 17.5 Å². The molecule has 2 rings (SSSR count). The normalized spacial score (nSPS) is 10.9. The number of nitrogens with one attached hydrogen (secondary N) is 2. The number of rotatable bonds is 4. The monoisotopic (exact) mass is 262 g/mol. The number of imidazole rings is 1. The van der Waals surface area contributed by atoms with Gasteiger partial charge in [0.05, 0.1) is 17.9 Å². The summed E-state index contributed by atoms with van der Waals surface area (Å²) in [6.07, 6.45) is 3.50. The number of H-pyrrole nitrogens is 1. The second-order valence-electron chi connectivity index (χ2n) is 4.69. The fourth-order valence-electron chi connectivity index (χ4n) is 1.79. The first-order chi connectivity index (χ1) is 9.00. The van der Waals surface area contributed by atoms with Crippen molar-refractivity contribution in [1.29, 1.82) is 0 Å². The molecule has 1 amide bonds. The number of carbonyl (C=O) groups excluding carboxylic acids is 1. The van der Waals surface area contributed by atoms with Crippen molar-refractivity contribution in [3.05, 3.63) is 29.6 Å². The zero-order valence-corrected chi connectivity index (χ0v) is 11.3. The van der Waals surface area contributed by atoms with Crippen molar-refractivity contribution in [2.75, 3.05) is 5.73 Å². The molecule has 0 unspecified atom stereocenters. The Morgan fingerprint density at radius 2 is 2.32 bits per heavy atom. The lowest BCUT2D eigenvalue weighted by Crippen LogP contribution is -2.25. The van der Waals surface area contributed by atoms with E-state index in [1.807, 2.05) is 31.7 Å². The van der Waals surface area contributed by atoms with Crippen LogP contribution < -0.4 is 11.1 Å². The highest BCUT2D eigenvalue weighted by molar-refractivity contribution is 5.97. The second kappa shape index (κ2) is 5.13. The van der Waals surface area contributed by atoms with Crippen LogP contribution in [0, 0.1) is 0 Å². The largest absolute Gasteiger partial charge is 0.395 e. The molecule has 0 spiro atoms. The molecule has 7 heteroatoms. The van der Waals surface area contributed by atoms with Crippen LogP contribution in [-0.4, -0.2) is 25.7 Å². The third kappa shape index (κ3) is 2.59. The molecule has 0 saturated carbocycles. The number of anilines is 1. The molecule has 0 fully saturated rings. The maximum absolute atomic E-state index is 12.0. The minimum atomic E-state index is -0.302. The van der Waals surface area contributed by atoms with Gasteiger partial charge >= 0.3 is 0 Å². The van der Waals surface area contributed by atoms with Gasteiger partial charge in [0.2, 0.25) is 0 Å². The van der Waals surface area contributed by atoms with Crippen molar-refractivity contribution in [1.82, 2.24) is 25.1 Å². The molecular weight excluding hydrogens is 244 g/mol. The summed E-state index contributed by atoms with van der Waals surface area (Å²) in [6.45, 7) is 4.31. The third-order valence-electron chi connectivity index (χ3n) is 2.95. The second-order valence-corrected chi connectivity index (χ2v) is 4.69. The number of aromatic nitrogens is 4. The van der Waals surface area contributed by atoms with Crippen LogP contribution in [0.25, 0.3) is 0 Å². The highest BCUT2D eigenvalue weighted by atomic mass is 16.1. The van der Waals surface area contributed by atoms with Gasteiger partial charge in [-0.1, -0.05) is 13.8 Å². The molecule has 19 heavy (non-hydrogen) atoms. The SMILES string of the molecule is CC(C)c1[nH]nc(C(=O)NCc2nccn2C)c1N. The predicted molar refractivity (Wildman–Crippen MR) is 71.5 cm³/mol. The summed E-state index contributed by atoms with van der Waals surface area (Å²) in [7, 11) is 1.87. The van der Waals surface area contributed by atoms with E-state index in [1.54, 1.807) is 6.20 Å². The number of aromatic amines is 1. The number of hydrogen-bond acceptors (Lipinski definition) is 4. The van der Waals surface area contributed by atoms with Crippen molar-refractivity contribution < 1.29 is 4.79 Å². The number of nitrogens with zero attached hydrogens (tertiary/aromatic N) is 3. The number of hydrogen-bond donors (Lipinski definition) is 3. The Morgan fingerprint density at radius 1 is 1.58 bits per heavy atom. The van der Waals surface area contributed by atoms with E-state index >= 15 is 0 Å². The van der Waals surface area contributed by atoms with Crippen molar-refractivity contribution in [3.8, 4) is 0 Å². The van der Waals surface area contributed by atoms with Crippen LogP contribution in [0.3, 0.4) is 0 Å². The molecule has 102 valence electrons. The summed E-state index contributed by atoms with van der Waals surface area (Å²) in [5.74, 6) is 0.666.